The Kier molecular flexibility index (Phi) is 4.35. The van der Waals surface area contributed by atoms with Crippen LogP contribution in [0.5, 0.6) is 5.75 Å². The van der Waals surface area contributed by atoms with Crippen LogP contribution in [0.1, 0.15) is 11.1 Å². The smallest absolute Gasteiger partial charge is 0.418 e. The van der Waals surface area contributed by atoms with E-state index in [0.29, 0.717) is 5.56 Å². The van der Waals surface area contributed by atoms with Crippen molar-refractivity contribution in [3.63, 3.8) is 0 Å². The number of alkyl halides is 3. The van der Waals surface area contributed by atoms with Gasteiger partial charge in [0.05, 0.1) is 5.56 Å². The molecule has 21 heavy (non-hydrogen) atoms. The van der Waals surface area contributed by atoms with Gasteiger partial charge in [0.2, 0.25) is 0 Å². The highest BCUT2D eigenvalue weighted by atomic mass is 19.4. The molecule has 2 aromatic rings. The standard InChI is InChI=1S/C15H13F4NO/c1-20-14-7-6-12(8-13(14)15(17,18)19)21-9-10-2-4-11(16)5-3-10/h2-8,20H,9H2,1H3. The molecule has 0 aliphatic heterocycles. The zero-order chi connectivity index (χ0) is 15.5. The molecule has 0 fully saturated rings. The first-order valence-electron chi connectivity index (χ1n) is 6.16. The van der Waals surface area contributed by atoms with Gasteiger partial charge in [-0.1, -0.05) is 12.1 Å². The number of hydrogen-bond donors (Lipinski definition) is 1. The molecular formula is C15H13F4NO. The summed E-state index contributed by atoms with van der Waals surface area (Å²) >= 11 is 0. The molecule has 2 nitrogen and oxygen atoms in total. The fourth-order valence-electron chi connectivity index (χ4n) is 1.81. The van der Waals surface area contributed by atoms with Gasteiger partial charge in [0.25, 0.3) is 0 Å². The van der Waals surface area contributed by atoms with Gasteiger partial charge >= 0.3 is 6.18 Å². The monoisotopic (exact) mass is 299 g/mol. The van der Waals surface area contributed by atoms with Crippen molar-refractivity contribution in [1.29, 1.82) is 0 Å². The third-order valence-corrected chi connectivity index (χ3v) is 2.88. The van der Waals surface area contributed by atoms with Crippen molar-refractivity contribution in [1.82, 2.24) is 0 Å². The van der Waals surface area contributed by atoms with Gasteiger partial charge in [0.1, 0.15) is 18.2 Å². The molecular weight excluding hydrogens is 286 g/mol. The van der Waals surface area contributed by atoms with Gasteiger partial charge < -0.3 is 10.1 Å². The summed E-state index contributed by atoms with van der Waals surface area (Å²) in [5.74, 6) is -0.276. The van der Waals surface area contributed by atoms with Gasteiger partial charge in [-0.2, -0.15) is 13.2 Å². The molecule has 0 heterocycles. The van der Waals surface area contributed by atoms with Crippen molar-refractivity contribution < 1.29 is 22.3 Å². The number of ether oxygens (including phenoxy) is 1. The first kappa shape index (κ1) is 15.2. The van der Waals surface area contributed by atoms with E-state index < -0.39 is 11.7 Å². The Labute approximate surface area is 119 Å². The van der Waals surface area contributed by atoms with E-state index in [1.54, 1.807) is 0 Å². The molecule has 0 atom stereocenters. The fourth-order valence-corrected chi connectivity index (χ4v) is 1.81. The minimum atomic E-state index is -4.46. The largest absolute Gasteiger partial charge is 0.489 e. The van der Waals surface area contributed by atoms with Gasteiger partial charge in [0, 0.05) is 12.7 Å². The maximum absolute atomic E-state index is 12.9. The summed E-state index contributed by atoms with van der Waals surface area (Å²) < 4.78 is 56.7. The zero-order valence-corrected chi connectivity index (χ0v) is 11.2. The van der Waals surface area contributed by atoms with Crippen LogP contribution in [0.2, 0.25) is 0 Å². The summed E-state index contributed by atoms with van der Waals surface area (Å²) in [5, 5.41) is 2.49. The van der Waals surface area contributed by atoms with Crippen LogP contribution in [-0.2, 0) is 12.8 Å². The second kappa shape index (κ2) is 6.03. The van der Waals surface area contributed by atoms with Gasteiger partial charge in [-0.25, -0.2) is 4.39 Å². The first-order valence-corrected chi connectivity index (χ1v) is 6.16. The van der Waals surface area contributed by atoms with Crippen molar-refractivity contribution in [2.45, 2.75) is 12.8 Å². The van der Waals surface area contributed by atoms with E-state index in [0.717, 1.165) is 6.07 Å². The van der Waals surface area contributed by atoms with Crippen molar-refractivity contribution in [2.75, 3.05) is 12.4 Å². The Hall–Kier alpha value is -2.24. The van der Waals surface area contributed by atoms with Crippen LogP contribution in [0, 0.1) is 5.82 Å². The van der Waals surface area contributed by atoms with Crippen molar-refractivity contribution >= 4 is 5.69 Å². The van der Waals surface area contributed by atoms with Gasteiger partial charge in [-0.05, 0) is 35.9 Å². The van der Waals surface area contributed by atoms with E-state index in [4.69, 9.17) is 4.74 Å². The Morgan fingerprint density at radius 1 is 1.05 bits per heavy atom. The van der Waals surface area contributed by atoms with E-state index >= 15 is 0 Å². The highest BCUT2D eigenvalue weighted by Gasteiger charge is 2.33. The highest BCUT2D eigenvalue weighted by molar-refractivity contribution is 5.55. The molecule has 0 saturated heterocycles. The van der Waals surface area contributed by atoms with Gasteiger partial charge in [-0.3, -0.25) is 0 Å². The van der Waals surface area contributed by atoms with Crippen molar-refractivity contribution in [2.24, 2.45) is 0 Å². The molecule has 0 spiro atoms. The molecule has 2 rings (SSSR count). The minimum absolute atomic E-state index is 0.0170. The minimum Gasteiger partial charge on any atom is -0.489 e. The molecule has 0 aliphatic carbocycles. The average molecular weight is 299 g/mol. The van der Waals surface area contributed by atoms with Crippen LogP contribution in [0.25, 0.3) is 0 Å². The molecule has 6 heteroatoms. The molecule has 0 aromatic heterocycles. The summed E-state index contributed by atoms with van der Waals surface area (Å²) in [6, 6.07) is 9.26. The van der Waals surface area contributed by atoms with E-state index in [1.165, 1.54) is 43.4 Å². The van der Waals surface area contributed by atoms with Crippen LogP contribution >= 0.6 is 0 Å². The van der Waals surface area contributed by atoms with Crippen LogP contribution in [0.3, 0.4) is 0 Å². The molecule has 0 bridgehead atoms. The lowest BCUT2D eigenvalue weighted by Crippen LogP contribution is -2.09. The SMILES string of the molecule is CNc1ccc(OCc2ccc(F)cc2)cc1C(F)(F)F. The van der Waals surface area contributed by atoms with Crippen LogP contribution in [-0.4, -0.2) is 7.05 Å². The summed E-state index contributed by atoms with van der Waals surface area (Å²) in [6.45, 7) is 0.0659. The van der Waals surface area contributed by atoms with Gasteiger partial charge in [0.15, 0.2) is 0 Å². The quantitative estimate of drug-likeness (QED) is 0.841. The Morgan fingerprint density at radius 3 is 2.29 bits per heavy atom. The second-order valence-electron chi connectivity index (χ2n) is 4.37. The lowest BCUT2D eigenvalue weighted by molar-refractivity contribution is -0.137. The molecule has 0 unspecified atom stereocenters. The van der Waals surface area contributed by atoms with Crippen LogP contribution in [0.4, 0.5) is 23.2 Å². The van der Waals surface area contributed by atoms with E-state index in [-0.39, 0.29) is 23.9 Å². The third-order valence-electron chi connectivity index (χ3n) is 2.88. The van der Waals surface area contributed by atoms with Crippen LogP contribution in [0.15, 0.2) is 42.5 Å². The summed E-state index contributed by atoms with van der Waals surface area (Å²) in [7, 11) is 1.42. The van der Waals surface area contributed by atoms with E-state index in [1.807, 2.05) is 0 Å². The Morgan fingerprint density at radius 2 is 1.71 bits per heavy atom. The number of benzene rings is 2. The molecule has 112 valence electrons. The predicted octanol–water partition coefficient (Wildman–Crippen LogP) is 4.47. The molecule has 0 radical (unpaired) electrons. The lowest BCUT2D eigenvalue weighted by atomic mass is 10.1. The topological polar surface area (TPSA) is 21.3 Å². The fraction of sp³-hybridized carbons (Fsp3) is 0.200. The number of anilines is 1. The lowest BCUT2D eigenvalue weighted by Gasteiger charge is -2.14. The Bertz CT molecular complexity index is 608. The summed E-state index contributed by atoms with van der Waals surface area (Å²) in [4.78, 5) is 0. The number of halogens is 4. The van der Waals surface area contributed by atoms with Gasteiger partial charge in [-0.15, -0.1) is 0 Å². The maximum atomic E-state index is 12.9. The second-order valence-corrected chi connectivity index (χ2v) is 4.37. The highest BCUT2D eigenvalue weighted by Crippen LogP contribution is 2.37. The molecule has 0 amide bonds. The summed E-state index contributed by atoms with van der Waals surface area (Å²) in [6.07, 6.45) is -4.46. The Balaban J connectivity index is 2.15. The average Bonchev–Trinajstić information content (AvgIpc) is 2.45. The summed E-state index contributed by atoms with van der Waals surface area (Å²) in [5.41, 5.74) is -0.138. The number of hydrogen-bond acceptors (Lipinski definition) is 2. The van der Waals surface area contributed by atoms with E-state index in [9.17, 15) is 17.6 Å². The van der Waals surface area contributed by atoms with Crippen molar-refractivity contribution in [3.8, 4) is 5.75 Å². The normalized spacial score (nSPS) is 11.3. The van der Waals surface area contributed by atoms with Crippen LogP contribution < -0.4 is 10.1 Å². The molecule has 0 saturated carbocycles. The molecule has 2 aromatic carbocycles. The molecule has 0 aliphatic rings. The number of rotatable bonds is 4. The third kappa shape index (κ3) is 3.87. The van der Waals surface area contributed by atoms with Crippen molar-refractivity contribution in [3.05, 3.63) is 59.4 Å². The maximum Gasteiger partial charge on any atom is 0.418 e. The predicted molar refractivity (Wildman–Crippen MR) is 71.7 cm³/mol. The number of nitrogens with one attached hydrogen (secondary N) is 1. The zero-order valence-electron chi connectivity index (χ0n) is 11.2. The van der Waals surface area contributed by atoms with E-state index in [2.05, 4.69) is 5.32 Å². The first-order chi connectivity index (χ1) is 9.90. The molecule has 1 N–H and O–H groups in total.